The zero-order valence-corrected chi connectivity index (χ0v) is 21.5. The minimum Gasteiger partial charge on any atom is -0.440 e. The lowest BCUT2D eigenvalue weighted by Crippen LogP contribution is -2.23. The van der Waals surface area contributed by atoms with Crippen molar-refractivity contribution in [3.05, 3.63) is 105 Å². The van der Waals surface area contributed by atoms with Crippen molar-refractivity contribution in [1.29, 1.82) is 5.26 Å². The van der Waals surface area contributed by atoms with Gasteiger partial charge in [0.15, 0.2) is 0 Å². The monoisotopic (exact) mass is 501 g/mol. The number of rotatable bonds is 4. The molecule has 0 radical (unpaired) electrons. The van der Waals surface area contributed by atoms with Gasteiger partial charge in [-0.3, -0.25) is 9.36 Å². The summed E-state index contributed by atoms with van der Waals surface area (Å²) in [6.07, 6.45) is 1.63. The molecule has 2 aromatic heterocycles. The summed E-state index contributed by atoms with van der Waals surface area (Å²) in [6, 6.07) is 21.8. The first kappa shape index (κ1) is 23.6. The number of allylic oxidation sites excluding steroid dienone is 1. The third-order valence-electron chi connectivity index (χ3n) is 7.38. The topological polar surface area (TPSA) is 110 Å². The average molecular weight is 502 g/mol. The Kier molecular flexibility index (Phi) is 5.54. The first-order valence-electron chi connectivity index (χ1n) is 12.7. The molecule has 1 aliphatic rings. The van der Waals surface area contributed by atoms with E-state index < -0.39 is 5.92 Å². The maximum Gasteiger partial charge on any atom is 0.261 e. The second-order valence-electron chi connectivity index (χ2n) is 9.75. The zero-order valence-electron chi connectivity index (χ0n) is 21.5. The molecular formula is C31H27N5O2. The molecule has 0 aliphatic carbocycles. The van der Waals surface area contributed by atoms with Gasteiger partial charge < -0.3 is 15.5 Å². The Morgan fingerprint density at radius 2 is 1.87 bits per heavy atom. The van der Waals surface area contributed by atoms with Crippen LogP contribution in [0.3, 0.4) is 0 Å². The van der Waals surface area contributed by atoms with E-state index >= 15 is 0 Å². The number of benzene rings is 3. The van der Waals surface area contributed by atoms with E-state index in [4.69, 9.17) is 15.5 Å². The van der Waals surface area contributed by atoms with Gasteiger partial charge in [0.25, 0.3) is 5.56 Å². The molecule has 3 aromatic carbocycles. The van der Waals surface area contributed by atoms with Crippen molar-refractivity contribution in [2.75, 3.05) is 0 Å². The van der Waals surface area contributed by atoms with Gasteiger partial charge in [-0.2, -0.15) is 5.26 Å². The first-order chi connectivity index (χ1) is 18.4. The number of hydrogen-bond acceptors (Lipinski definition) is 5. The molecule has 0 bridgehead atoms. The van der Waals surface area contributed by atoms with Gasteiger partial charge in [-0.25, -0.2) is 4.98 Å². The van der Waals surface area contributed by atoms with Gasteiger partial charge in [0.05, 0.1) is 16.8 Å². The van der Waals surface area contributed by atoms with E-state index in [-0.39, 0.29) is 11.4 Å². The Morgan fingerprint density at radius 1 is 1.13 bits per heavy atom. The molecule has 5 aromatic rings. The number of aromatic nitrogens is 3. The van der Waals surface area contributed by atoms with Crippen LogP contribution in [0, 0.1) is 18.3 Å². The van der Waals surface area contributed by atoms with Crippen LogP contribution in [0.4, 0.5) is 0 Å². The lowest BCUT2D eigenvalue weighted by atomic mass is 9.80. The minimum absolute atomic E-state index is 0.109. The largest absolute Gasteiger partial charge is 0.440 e. The summed E-state index contributed by atoms with van der Waals surface area (Å²) in [5.41, 5.74) is 12.8. The van der Waals surface area contributed by atoms with Gasteiger partial charge in [0.2, 0.25) is 5.88 Å². The Bertz CT molecular complexity index is 1890. The summed E-state index contributed by atoms with van der Waals surface area (Å²) in [4.78, 5) is 21.6. The van der Waals surface area contributed by atoms with Gasteiger partial charge in [-0.1, -0.05) is 43.7 Å². The smallest absolute Gasteiger partial charge is 0.261 e. The lowest BCUT2D eigenvalue weighted by Gasteiger charge is -2.29. The summed E-state index contributed by atoms with van der Waals surface area (Å²) in [5.74, 6) is 0.917. The van der Waals surface area contributed by atoms with Gasteiger partial charge in [0, 0.05) is 34.8 Å². The molecular weight excluding hydrogens is 474 g/mol. The number of para-hydroxylation sites is 2. The van der Waals surface area contributed by atoms with Crippen LogP contribution in [-0.2, 0) is 13.5 Å². The maximum absolute atomic E-state index is 13.2. The number of nitrogens with zero attached hydrogens (tertiary/aromatic N) is 3. The van der Waals surface area contributed by atoms with E-state index in [0.29, 0.717) is 28.0 Å². The number of hydrogen-bond donors (Lipinski definition) is 2. The number of H-pyrrole nitrogens is 1. The first-order valence-corrected chi connectivity index (χ1v) is 12.7. The van der Waals surface area contributed by atoms with Crippen LogP contribution in [-0.4, -0.2) is 14.5 Å². The van der Waals surface area contributed by atoms with E-state index in [1.165, 1.54) is 0 Å². The average Bonchev–Trinajstić information content (AvgIpc) is 3.25. The third kappa shape index (κ3) is 3.49. The molecule has 0 amide bonds. The molecule has 1 unspecified atom stereocenters. The molecule has 7 heteroatoms. The van der Waals surface area contributed by atoms with Crippen LogP contribution < -0.4 is 16.0 Å². The number of aromatic amines is 1. The van der Waals surface area contributed by atoms with Gasteiger partial charge >= 0.3 is 0 Å². The summed E-state index contributed by atoms with van der Waals surface area (Å²) < 4.78 is 7.74. The van der Waals surface area contributed by atoms with Gasteiger partial charge in [-0.15, -0.1) is 0 Å². The van der Waals surface area contributed by atoms with E-state index in [2.05, 4.69) is 24.0 Å². The maximum atomic E-state index is 13.2. The van der Waals surface area contributed by atoms with Crippen molar-refractivity contribution < 1.29 is 4.74 Å². The molecule has 0 saturated carbocycles. The van der Waals surface area contributed by atoms with Crippen LogP contribution in [0.1, 0.15) is 41.6 Å². The molecule has 38 heavy (non-hydrogen) atoms. The summed E-state index contributed by atoms with van der Waals surface area (Å²) in [5, 5.41) is 11.8. The summed E-state index contributed by atoms with van der Waals surface area (Å²) in [6.45, 7) is 4.12. The molecule has 0 saturated heterocycles. The number of nitriles is 1. The number of nitrogens with two attached hydrogens (primary N) is 1. The second kappa shape index (κ2) is 8.93. The highest BCUT2D eigenvalue weighted by Gasteiger charge is 2.35. The van der Waals surface area contributed by atoms with Crippen molar-refractivity contribution in [3.8, 4) is 23.2 Å². The highest BCUT2D eigenvalue weighted by Crippen LogP contribution is 2.48. The Hall–Kier alpha value is -4.83. The third-order valence-corrected chi connectivity index (χ3v) is 7.38. The standard InChI is InChI=1S/C31H27N5O2/c1-4-9-18-14-19(30-35-25-13-8-6-11-21(25)31(37)36(30)3)15-22-27(23(16-32)29(33)38-28(18)22)26-17(2)34-24-12-7-5-10-20(24)26/h5-8,10-15,27,34H,4,9,33H2,1-3H3. The fourth-order valence-corrected chi connectivity index (χ4v) is 5.67. The fourth-order valence-electron chi connectivity index (χ4n) is 5.67. The predicted molar refractivity (Wildman–Crippen MR) is 149 cm³/mol. The molecule has 0 spiro atoms. The van der Waals surface area contributed by atoms with Crippen molar-refractivity contribution in [2.24, 2.45) is 12.8 Å². The second-order valence-corrected chi connectivity index (χ2v) is 9.75. The fraction of sp³-hybridized carbons (Fsp3) is 0.194. The number of nitrogens with one attached hydrogen (secondary N) is 1. The van der Waals surface area contributed by atoms with Crippen LogP contribution in [0.15, 0.2) is 76.9 Å². The van der Waals surface area contributed by atoms with Gasteiger partial charge in [-0.05, 0) is 54.8 Å². The Morgan fingerprint density at radius 3 is 2.63 bits per heavy atom. The molecule has 3 heterocycles. The van der Waals surface area contributed by atoms with Crippen molar-refractivity contribution in [2.45, 2.75) is 32.6 Å². The van der Waals surface area contributed by atoms with Gasteiger partial charge in [0.1, 0.15) is 23.2 Å². The van der Waals surface area contributed by atoms with E-state index in [0.717, 1.165) is 51.7 Å². The SMILES string of the molecule is CCCc1cc(-c2nc3ccccc3c(=O)n2C)cc2c1OC(N)=C(C#N)C2c1c(C)[nH]c2ccccc12. The molecule has 6 rings (SSSR count). The minimum atomic E-state index is -0.437. The Balaban J connectivity index is 1.68. The number of aryl methyl sites for hydroxylation is 2. The van der Waals surface area contributed by atoms with Crippen molar-refractivity contribution in [3.63, 3.8) is 0 Å². The lowest BCUT2D eigenvalue weighted by molar-refractivity contribution is 0.389. The van der Waals surface area contributed by atoms with Crippen molar-refractivity contribution in [1.82, 2.24) is 14.5 Å². The van der Waals surface area contributed by atoms with Crippen LogP contribution >= 0.6 is 0 Å². The molecule has 3 N–H and O–H groups in total. The zero-order chi connectivity index (χ0) is 26.6. The molecule has 188 valence electrons. The molecule has 1 aliphatic heterocycles. The van der Waals surface area contributed by atoms with Crippen LogP contribution in [0.2, 0.25) is 0 Å². The van der Waals surface area contributed by atoms with Crippen LogP contribution in [0.5, 0.6) is 5.75 Å². The molecule has 7 nitrogen and oxygen atoms in total. The normalized spacial score (nSPS) is 14.9. The van der Waals surface area contributed by atoms with E-state index in [1.54, 1.807) is 17.7 Å². The molecule has 0 fully saturated rings. The number of ether oxygens (including phenoxy) is 1. The summed E-state index contributed by atoms with van der Waals surface area (Å²) >= 11 is 0. The highest BCUT2D eigenvalue weighted by molar-refractivity contribution is 5.87. The Labute approximate surface area is 219 Å². The summed E-state index contributed by atoms with van der Waals surface area (Å²) in [7, 11) is 1.74. The van der Waals surface area contributed by atoms with Crippen LogP contribution in [0.25, 0.3) is 33.2 Å². The van der Waals surface area contributed by atoms with Crippen molar-refractivity contribution >= 4 is 21.8 Å². The quantitative estimate of drug-likeness (QED) is 0.335. The predicted octanol–water partition coefficient (Wildman–Crippen LogP) is 5.56. The highest BCUT2D eigenvalue weighted by atomic mass is 16.5. The molecule has 1 atom stereocenters. The van der Waals surface area contributed by atoms with E-state index in [1.807, 2.05) is 55.5 Å². The van der Waals surface area contributed by atoms with E-state index in [9.17, 15) is 10.1 Å². The number of fused-ring (bicyclic) bond motifs is 3.